The Hall–Kier alpha value is -1.32. The fraction of sp³-hybridized carbons (Fsp3) is 0.412. The first-order valence-electron chi connectivity index (χ1n) is 7.59. The van der Waals surface area contributed by atoms with Crippen molar-refractivity contribution < 1.29 is 9.59 Å². The first-order chi connectivity index (χ1) is 10.6. The molecule has 5 aliphatic rings. The van der Waals surface area contributed by atoms with Gasteiger partial charge in [-0.15, -0.1) is 0 Å². The van der Waals surface area contributed by atoms with Gasteiger partial charge >= 0.3 is 0 Å². The average Bonchev–Trinajstić information content (AvgIpc) is 3.28. The minimum absolute atomic E-state index is 0.0712. The molecule has 2 saturated carbocycles. The Morgan fingerprint density at radius 2 is 1.50 bits per heavy atom. The van der Waals surface area contributed by atoms with Crippen LogP contribution in [0, 0.1) is 35.5 Å². The third kappa shape index (κ3) is 1.49. The summed E-state index contributed by atoms with van der Waals surface area (Å²) in [4.78, 5) is 27.1. The molecule has 0 unspecified atom stereocenters. The molecule has 6 rings (SSSR count). The molecule has 0 aromatic heterocycles. The standard InChI is InChI=1S/C17H13Cl2NO2/c18-12-4-1-7(5-13(12)19)20-16(21)14-8-2-3-9(11-6-10(8)11)15(14)17(20)22/h1-5,8-11,14-15H,6H2/t8-,9-,10-,11-,14+,15+/m1/s1. The predicted molar refractivity (Wildman–Crippen MR) is 83.7 cm³/mol. The smallest absolute Gasteiger partial charge is 0.238 e. The summed E-state index contributed by atoms with van der Waals surface area (Å²) in [5, 5.41) is 0.781. The van der Waals surface area contributed by atoms with E-state index in [1.165, 1.54) is 11.3 Å². The van der Waals surface area contributed by atoms with Crippen molar-refractivity contribution in [1.29, 1.82) is 0 Å². The lowest BCUT2D eigenvalue weighted by Gasteiger charge is -2.37. The maximum Gasteiger partial charge on any atom is 0.238 e. The van der Waals surface area contributed by atoms with Crippen molar-refractivity contribution in [2.45, 2.75) is 6.42 Å². The molecular formula is C17H13Cl2NO2. The van der Waals surface area contributed by atoms with Crippen molar-refractivity contribution in [2.24, 2.45) is 35.5 Å². The summed E-state index contributed by atoms with van der Waals surface area (Å²) in [6.07, 6.45) is 5.51. The quantitative estimate of drug-likeness (QED) is 0.582. The van der Waals surface area contributed by atoms with Gasteiger partial charge in [0.05, 0.1) is 27.6 Å². The Balaban J connectivity index is 1.58. The topological polar surface area (TPSA) is 37.4 Å². The fourth-order valence-electron chi connectivity index (χ4n) is 4.84. The van der Waals surface area contributed by atoms with Gasteiger partial charge in [0.2, 0.25) is 11.8 Å². The number of carbonyl (C=O) groups is 2. The predicted octanol–water partition coefficient (Wildman–Crippen LogP) is 3.55. The van der Waals surface area contributed by atoms with Crippen LogP contribution >= 0.6 is 23.2 Å². The van der Waals surface area contributed by atoms with Crippen LogP contribution in [-0.2, 0) is 9.59 Å². The molecule has 1 aromatic carbocycles. The second kappa shape index (κ2) is 4.15. The molecule has 1 aromatic rings. The van der Waals surface area contributed by atoms with E-state index < -0.39 is 0 Å². The first kappa shape index (κ1) is 13.1. The Morgan fingerprint density at radius 3 is 2.05 bits per heavy atom. The summed E-state index contributed by atoms with van der Waals surface area (Å²) in [5.41, 5.74) is 0.534. The number of imide groups is 1. The van der Waals surface area contributed by atoms with Gasteiger partial charge in [0.15, 0.2) is 0 Å². The SMILES string of the molecule is O=C1[C@H]2[C@@H]3C=C[C@H]([C@H]4C[C@H]34)[C@@H]2C(=O)N1c1ccc(Cl)c(Cl)c1. The van der Waals surface area contributed by atoms with Gasteiger partial charge in [0.1, 0.15) is 0 Å². The summed E-state index contributed by atoms with van der Waals surface area (Å²) in [7, 11) is 0. The maximum atomic E-state index is 12.9. The molecule has 6 atom stereocenters. The molecule has 0 N–H and O–H groups in total. The number of halogens is 2. The van der Waals surface area contributed by atoms with Crippen LogP contribution < -0.4 is 4.90 Å². The molecule has 2 bridgehead atoms. The van der Waals surface area contributed by atoms with Crippen LogP contribution in [-0.4, -0.2) is 11.8 Å². The zero-order valence-electron chi connectivity index (χ0n) is 11.6. The van der Waals surface area contributed by atoms with Crippen LogP contribution in [0.1, 0.15) is 6.42 Å². The molecule has 4 aliphatic carbocycles. The van der Waals surface area contributed by atoms with Crippen molar-refractivity contribution in [2.75, 3.05) is 4.90 Å². The van der Waals surface area contributed by atoms with Gasteiger partial charge in [-0.3, -0.25) is 9.59 Å². The second-order valence-electron chi connectivity index (χ2n) is 6.76. The van der Waals surface area contributed by atoms with E-state index in [1.54, 1.807) is 18.2 Å². The van der Waals surface area contributed by atoms with Crippen LogP contribution in [0.25, 0.3) is 0 Å². The van der Waals surface area contributed by atoms with E-state index in [0.717, 1.165) is 0 Å². The number of nitrogens with zero attached hydrogens (tertiary/aromatic N) is 1. The summed E-state index contributed by atoms with van der Waals surface area (Å²) in [5.74, 6) is 1.20. The number of benzene rings is 1. The highest BCUT2D eigenvalue weighted by molar-refractivity contribution is 6.42. The van der Waals surface area contributed by atoms with Gasteiger partial charge in [-0.05, 0) is 48.3 Å². The molecule has 22 heavy (non-hydrogen) atoms. The van der Waals surface area contributed by atoms with Gasteiger partial charge in [-0.2, -0.15) is 0 Å². The van der Waals surface area contributed by atoms with Gasteiger partial charge < -0.3 is 0 Å². The van der Waals surface area contributed by atoms with Crippen molar-refractivity contribution in [3.05, 3.63) is 40.4 Å². The van der Waals surface area contributed by atoms with Crippen molar-refractivity contribution in [3.8, 4) is 0 Å². The van der Waals surface area contributed by atoms with Crippen LogP contribution in [0.5, 0.6) is 0 Å². The van der Waals surface area contributed by atoms with Crippen molar-refractivity contribution in [1.82, 2.24) is 0 Å². The maximum absolute atomic E-state index is 12.9. The molecule has 112 valence electrons. The van der Waals surface area contributed by atoms with Gasteiger partial charge in [-0.25, -0.2) is 4.90 Å². The molecule has 3 nitrogen and oxygen atoms in total. The number of carbonyl (C=O) groups excluding carboxylic acids is 2. The summed E-state index contributed by atoms with van der Waals surface area (Å²) in [6.45, 7) is 0. The highest BCUT2D eigenvalue weighted by atomic mass is 35.5. The van der Waals surface area contributed by atoms with E-state index in [9.17, 15) is 9.59 Å². The zero-order valence-corrected chi connectivity index (χ0v) is 13.1. The summed E-state index contributed by atoms with van der Waals surface area (Å²) in [6, 6.07) is 4.93. The van der Waals surface area contributed by atoms with Crippen LogP contribution in [0.4, 0.5) is 5.69 Å². The second-order valence-corrected chi connectivity index (χ2v) is 7.58. The summed E-state index contributed by atoms with van der Waals surface area (Å²) < 4.78 is 0. The lowest BCUT2D eigenvalue weighted by molar-refractivity contribution is -0.124. The average molecular weight is 334 g/mol. The van der Waals surface area contributed by atoms with E-state index in [1.807, 2.05) is 0 Å². The van der Waals surface area contributed by atoms with Gasteiger partial charge in [0, 0.05) is 0 Å². The number of hydrogen-bond acceptors (Lipinski definition) is 2. The zero-order chi connectivity index (χ0) is 15.2. The normalized spacial score (nSPS) is 40.9. The fourth-order valence-corrected chi connectivity index (χ4v) is 5.13. The van der Waals surface area contributed by atoms with Crippen LogP contribution in [0.15, 0.2) is 30.4 Å². The third-order valence-corrected chi connectivity index (χ3v) is 6.56. The van der Waals surface area contributed by atoms with Gasteiger partial charge in [-0.1, -0.05) is 35.4 Å². The largest absolute Gasteiger partial charge is 0.274 e. The minimum Gasteiger partial charge on any atom is -0.274 e. The Labute approximate surface area is 137 Å². The molecule has 0 radical (unpaired) electrons. The molecular weight excluding hydrogens is 321 g/mol. The Morgan fingerprint density at radius 1 is 0.909 bits per heavy atom. The molecule has 3 fully saturated rings. The third-order valence-electron chi connectivity index (χ3n) is 5.82. The van der Waals surface area contributed by atoms with E-state index in [4.69, 9.17) is 23.2 Å². The molecule has 1 heterocycles. The Bertz CT molecular complexity index is 723. The van der Waals surface area contributed by atoms with E-state index in [2.05, 4.69) is 12.2 Å². The Kier molecular flexibility index (Phi) is 2.48. The van der Waals surface area contributed by atoms with E-state index >= 15 is 0 Å². The molecule has 2 amide bonds. The number of anilines is 1. The van der Waals surface area contributed by atoms with Crippen molar-refractivity contribution >= 4 is 40.7 Å². The molecule has 1 saturated heterocycles. The number of rotatable bonds is 1. The highest BCUT2D eigenvalue weighted by Gasteiger charge is 2.67. The van der Waals surface area contributed by atoms with Crippen LogP contribution in [0.3, 0.4) is 0 Å². The van der Waals surface area contributed by atoms with E-state index in [0.29, 0.717) is 27.6 Å². The monoisotopic (exact) mass is 333 g/mol. The number of allylic oxidation sites excluding steroid dienone is 2. The lowest BCUT2D eigenvalue weighted by atomic mass is 9.63. The van der Waals surface area contributed by atoms with E-state index in [-0.39, 0.29) is 35.5 Å². The first-order valence-corrected chi connectivity index (χ1v) is 8.34. The number of hydrogen-bond donors (Lipinski definition) is 0. The van der Waals surface area contributed by atoms with Gasteiger partial charge in [0.25, 0.3) is 0 Å². The molecule has 0 spiro atoms. The lowest BCUT2D eigenvalue weighted by Crippen LogP contribution is -2.40. The van der Waals surface area contributed by atoms with Crippen molar-refractivity contribution in [3.63, 3.8) is 0 Å². The number of amides is 2. The highest BCUT2D eigenvalue weighted by Crippen LogP contribution is 2.65. The summed E-state index contributed by atoms with van der Waals surface area (Å²) >= 11 is 12.0. The molecule has 5 heteroatoms. The minimum atomic E-state index is -0.180. The molecule has 1 aliphatic heterocycles. The van der Waals surface area contributed by atoms with Crippen LogP contribution in [0.2, 0.25) is 10.0 Å².